The van der Waals surface area contributed by atoms with Gasteiger partial charge in [-0.3, -0.25) is 4.79 Å². The monoisotopic (exact) mass is 252 g/mol. The first kappa shape index (κ1) is 13.9. The molecule has 18 heavy (non-hydrogen) atoms. The lowest BCUT2D eigenvalue weighted by Crippen LogP contribution is -2.50. The fourth-order valence-electron chi connectivity index (χ4n) is 3.33. The Morgan fingerprint density at radius 2 is 1.72 bits per heavy atom. The molecule has 2 atom stereocenters. The SMILES string of the molecule is C[C@H](NC(=O)C1CCCCN1)C1CCCCCC1. The van der Waals surface area contributed by atoms with E-state index in [0.29, 0.717) is 12.0 Å². The van der Waals surface area contributed by atoms with Crippen LogP contribution < -0.4 is 10.6 Å². The lowest BCUT2D eigenvalue weighted by atomic mass is 9.92. The fraction of sp³-hybridized carbons (Fsp3) is 0.933. The Kier molecular flexibility index (Phi) is 5.48. The molecular weight excluding hydrogens is 224 g/mol. The second kappa shape index (κ2) is 7.13. The summed E-state index contributed by atoms with van der Waals surface area (Å²) in [5.74, 6) is 0.923. The number of carbonyl (C=O) groups is 1. The zero-order valence-corrected chi connectivity index (χ0v) is 11.7. The topological polar surface area (TPSA) is 41.1 Å². The van der Waals surface area contributed by atoms with Gasteiger partial charge in [0.25, 0.3) is 0 Å². The number of carbonyl (C=O) groups excluding carboxylic acids is 1. The Hall–Kier alpha value is -0.570. The summed E-state index contributed by atoms with van der Waals surface area (Å²) in [7, 11) is 0. The first-order valence-electron chi connectivity index (χ1n) is 7.81. The molecule has 2 aliphatic rings. The number of nitrogens with one attached hydrogen (secondary N) is 2. The Balaban J connectivity index is 1.77. The Morgan fingerprint density at radius 1 is 1.06 bits per heavy atom. The van der Waals surface area contributed by atoms with E-state index in [2.05, 4.69) is 17.6 Å². The van der Waals surface area contributed by atoms with E-state index in [-0.39, 0.29) is 11.9 Å². The van der Waals surface area contributed by atoms with Gasteiger partial charge in [-0.25, -0.2) is 0 Å². The van der Waals surface area contributed by atoms with Crippen molar-refractivity contribution in [2.24, 2.45) is 5.92 Å². The molecule has 3 nitrogen and oxygen atoms in total. The van der Waals surface area contributed by atoms with Gasteiger partial charge in [0.1, 0.15) is 0 Å². The van der Waals surface area contributed by atoms with E-state index in [9.17, 15) is 4.79 Å². The second-order valence-electron chi connectivity index (χ2n) is 6.05. The molecule has 1 heterocycles. The summed E-state index contributed by atoms with van der Waals surface area (Å²) in [6.07, 6.45) is 11.4. The van der Waals surface area contributed by atoms with Gasteiger partial charge in [-0.2, -0.15) is 0 Å². The van der Waals surface area contributed by atoms with Crippen molar-refractivity contribution in [3.8, 4) is 0 Å². The standard InChI is InChI=1S/C15H28N2O/c1-12(13-8-4-2-3-5-9-13)17-15(18)14-10-6-7-11-16-14/h12-14,16H,2-11H2,1H3,(H,17,18)/t12-,14?/m0/s1. The lowest BCUT2D eigenvalue weighted by Gasteiger charge is -2.28. The molecule has 0 bridgehead atoms. The molecular formula is C15H28N2O. The minimum atomic E-state index is 0.0620. The van der Waals surface area contributed by atoms with Crippen molar-refractivity contribution >= 4 is 5.91 Å². The molecule has 0 radical (unpaired) electrons. The molecule has 1 saturated carbocycles. The van der Waals surface area contributed by atoms with Crippen molar-refractivity contribution < 1.29 is 4.79 Å². The maximum absolute atomic E-state index is 12.2. The van der Waals surface area contributed by atoms with Crippen LogP contribution in [0.4, 0.5) is 0 Å². The van der Waals surface area contributed by atoms with Gasteiger partial charge < -0.3 is 10.6 Å². The second-order valence-corrected chi connectivity index (χ2v) is 6.05. The van der Waals surface area contributed by atoms with E-state index in [1.165, 1.54) is 51.4 Å². The number of hydrogen-bond acceptors (Lipinski definition) is 2. The van der Waals surface area contributed by atoms with Gasteiger partial charge in [-0.1, -0.05) is 32.1 Å². The summed E-state index contributed by atoms with van der Waals surface area (Å²) < 4.78 is 0. The van der Waals surface area contributed by atoms with Crippen molar-refractivity contribution in [1.29, 1.82) is 0 Å². The van der Waals surface area contributed by atoms with E-state index in [4.69, 9.17) is 0 Å². The summed E-state index contributed by atoms with van der Waals surface area (Å²) in [6, 6.07) is 0.409. The molecule has 1 unspecified atom stereocenters. The molecule has 2 fully saturated rings. The third-order valence-electron chi connectivity index (χ3n) is 4.60. The number of amides is 1. The average molecular weight is 252 g/mol. The molecule has 1 aliphatic heterocycles. The van der Waals surface area contributed by atoms with E-state index in [1.54, 1.807) is 0 Å². The highest BCUT2D eigenvalue weighted by Crippen LogP contribution is 2.25. The largest absolute Gasteiger partial charge is 0.352 e. The van der Waals surface area contributed by atoms with Gasteiger partial charge >= 0.3 is 0 Å². The minimum absolute atomic E-state index is 0.0620. The van der Waals surface area contributed by atoms with Crippen molar-refractivity contribution in [2.45, 2.75) is 76.8 Å². The van der Waals surface area contributed by atoms with Crippen molar-refractivity contribution in [1.82, 2.24) is 10.6 Å². The minimum Gasteiger partial charge on any atom is -0.352 e. The highest BCUT2D eigenvalue weighted by molar-refractivity contribution is 5.82. The molecule has 1 saturated heterocycles. The van der Waals surface area contributed by atoms with Crippen molar-refractivity contribution in [3.05, 3.63) is 0 Å². The van der Waals surface area contributed by atoms with Crippen LogP contribution in [0.5, 0.6) is 0 Å². The van der Waals surface area contributed by atoms with Crippen molar-refractivity contribution in [3.63, 3.8) is 0 Å². The van der Waals surface area contributed by atoms with Gasteiger partial charge in [0.2, 0.25) is 5.91 Å². The van der Waals surface area contributed by atoms with Crippen LogP contribution in [0.2, 0.25) is 0 Å². The molecule has 2 rings (SSSR count). The molecule has 1 amide bonds. The zero-order valence-electron chi connectivity index (χ0n) is 11.7. The highest BCUT2D eigenvalue weighted by atomic mass is 16.2. The van der Waals surface area contributed by atoms with E-state index in [1.807, 2.05) is 0 Å². The molecule has 0 aromatic rings. The molecule has 104 valence electrons. The van der Waals surface area contributed by atoms with Gasteiger partial charge in [0, 0.05) is 6.04 Å². The number of hydrogen-bond donors (Lipinski definition) is 2. The Bertz CT molecular complexity index is 253. The third-order valence-corrected chi connectivity index (χ3v) is 4.60. The molecule has 1 aliphatic carbocycles. The maximum atomic E-state index is 12.2. The molecule has 3 heteroatoms. The van der Waals surface area contributed by atoms with Crippen LogP contribution >= 0.6 is 0 Å². The summed E-state index contributed by atoms with van der Waals surface area (Å²) in [4.78, 5) is 12.2. The van der Waals surface area contributed by atoms with Gasteiger partial charge in [-0.15, -0.1) is 0 Å². The van der Waals surface area contributed by atoms with Gasteiger partial charge in [0.05, 0.1) is 6.04 Å². The van der Waals surface area contributed by atoms with E-state index in [0.717, 1.165) is 13.0 Å². The van der Waals surface area contributed by atoms with Gasteiger partial charge in [-0.05, 0) is 45.1 Å². The van der Waals surface area contributed by atoms with E-state index >= 15 is 0 Å². The molecule has 0 aromatic heterocycles. The van der Waals surface area contributed by atoms with Crippen LogP contribution in [-0.2, 0) is 4.79 Å². The van der Waals surface area contributed by atoms with Crippen molar-refractivity contribution in [2.75, 3.05) is 6.54 Å². The van der Waals surface area contributed by atoms with E-state index < -0.39 is 0 Å². The van der Waals surface area contributed by atoms with Gasteiger partial charge in [0.15, 0.2) is 0 Å². The number of piperidine rings is 1. The summed E-state index contributed by atoms with van der Waals surface area (Å²) >= 11 is 0. The average Bonchev–Trinajstić information content (AvgIpc) is 2.68. The highest BCUT2D eigenvalue weighted by Gasteiger charge is 2.25. The number of rotatable bonds is 3. The quantitative estimate of drug-likeness (QED) is 0.758. The van der Waals surface area contributed by atoms with Crippen LogP contribution in [0, 0.1) is 5.92 Å². The van der Waals surface area contributed by atoms with Crippen LogP contribution in [0.15, 0.2) is 0 Å². The Labute approximate surface area is 111 Å². The molecule has 0 aromatic carbocycles. The lowest BCUT2D eigenvalue weighted by molar-refractivity contribution is -0.124. The first-order valence-corrected chi connectivity index (χ1v) is 7.81. The molecule has 0 spiro atoms. The van der Waals surface area contributed by atoms with Crippen LogP contribution in [0.25, 0.3) is 0 Å². The first-order chi connectivity index (χ1) is 8.77. The predicted molar refractivity (Wildman–Crippen MR) is 74.4 cm³/mol. The summed E-state index contributed by atoms with van der Waals surface area (Å²) in [5.41, 5.74) is 0. The third kappa shape index (κ3) is 3.98. The summed E-state index contributed by atoms with van der Waals surface area (Å²) in [5, 5.41) is 6.57. The van der Waals surface area contributed by atoms with Crippen LogP contribution in [-0.4, -0.2) is 24.5 Å². The van der Waals surface area contributed by atoms with Crippen LogP contribution in [0.3, 0.4) is 0 Å². The smallest absolute Gasteiger partial charge is 0.237 e. The zero-order chi connectivity index (χ0) is 12.8. The predicted octanol–water partition coefficient (Wildman–Crippen LogP) is 2.60. The summed E-state index contributed by atoms with van der Waals surface area (Å²) in [6.45, 7) is 3.19. The normalized spacial score (nSPS) is 28.4. The Morgan fingerprint density at radius 3 is 2.33 bits per heavy atom. The van der Waals surface area contributed by atoms with Crippen LogP contribution in [0.1, 0.15) is 64.7 Å². The maximum Gasteiger partial charge on any atom is 0.237 e. The molecule has 2 N–H and O–H groups in total. The fourth-order valence-corrected chi connectivity index (χ4v) is 3.33.